The van der Waals surface area contributed by atoms with Crippen molar-refractivity contribution in [3.63, 3.8) is 0 Å². The van der Waals surface area contributed by atoms with Crippen LogP contribution >= 0.6 is 0 Å². The minimum atomic E-state index is -4.72. The summed E-state index contributed by atoms with van der Waals surface area (Å²) in [6.07, 6.45) is -4.09. The van der Waals surface area contributed by atoms with Crippen molar-refractivity contribution >= 4 is 22.4 Å². The highest BCUT2D eigenvalue weighted by molar-refractivity contribution is 7.85. The lowest BCUT2D eigenvalue weighted by Gasteiger charge is -2.13. The van der Waals surface area contributed by atoms with Crippen LogP contribution in [0.4, 0.5) is 24.8 Å². The molecule has 2 aromatic carbocycles. The summed E-state index contributed by atoms with van der Waals surface area (Å²) in [4.78, 5) is 7.81. The molecule has 0 amide bonds. The maximum Gasteiger partial charge on any atom is 0.420 e. The van der Waals surface area contributed by atoms with E-state index in [9.17, 15) is 17.4 Å². The Labute approximate surface area is 155 Å². The Kier molecular flexibility index (Phi) is 5.41. The minimum absolute atomic E-state index is 0.0903. The second kappa shape index (κ2) is 7.75. The zero-order valence-electron chi connectivity index (χ0n) is 14.0. The highest BCUT2D eigenvalue weighted by Gasteiger charge is 2.37. The first-order valence-electron chi connectivity index (χ1n) is 7.70. The molecule has 1 atom stereocenters. The van der Waals surface area contributed by atoms with Gasteiger partial charge in [0.25, 0.3) is 0 Å². The predicted octanol–water partition coefficient (Wildman–Crippen LogP) is 4.41. The maximum absolute atomic E-state index is 13.3. The number of rotatable bonds is 5. The number of anilines is 2. The molecule has 27 heavy (non-hydrogen) atoms. The minimum Gasteiger partial charge on any atom is -0.497 e. The van der Waals surface area contributed by atoms with Gasteiger partial charge in [-0.05, 0) is 36.4 Å². The van der Waals surface area contributed by atoms with Gasteiger partial charge in [-0.3, -0.25) is 0 Å². The molecular formula is C18H14F3N3O2S. The standard InChI is InChI=1S/C18H14F3N3O2S/c1-26-13-9-7-12(8-10-13)23-17-22-11-15(18(19,20)21)16(24-17)27(25)14-5-3-2-4-6-14/h2-11H,1H3,(H,22,23,24). The molecule has 3 aromatic rings. The fourth-order valence-electron chi connectivity index (χ4n) is 2.22. The van der Waals surface area contributed by atoms with Gasteiger partial charge in [0.1, 0.15) is 27.1 Å². The van der Waals surface area contributed by atoms with E-state index in [1.807, 2.05) is 0 Å². The summed E-state index contributed by atoms with van der Waals surface area (Å²) in [5.74, 6) is 0.534. The molecule has 0 saturated carbocycles. The fraction of sp³-hybridized carbons (Fsp3) is 0.111. The highest BCUT2D eigenvalue weighted by Crippen LogP contribution is 2.34. The van der Waals surface area contributed by atoms with Crippen molar-refractivity contribution in [3.8, 4) is 5.75 Å². The molecule has 1 N–H and O–H groups in total. The summed E-state index contributed by atoms with van der Waals surface area (Å²) >= 11 is 0. The summed E-state index contributed by atoms with van der Waals surface area (Å²) in [6, 6.07) is 14.5. The molecule has 0 fully saturated rings. The van der Waals surface area contributed by atoms with Gasteiger partial charge in [0.05, 0.1) is 7.11 Å². The van der Waals surface area contributed by atoms with Crippen molar-refractivity contribution in [1.82, 2.24) is 9.97 Å². The Morgan fingerprint density at radius 3 is 2.30 bits per heavy atom. The predicted molar refractivity (Wildman–Crippen MR) is 94.4 cm³/mol. The van der Waals surface area contributed by atoms with E-state index in [2.05, 4.69) is 15.3 Å². The molecule has 0 aliphatic carbocycles. The summed E-state index contributed by atoms with van der Waals surface area (Å²) in [6.45, 7) is 0. The number of hydrogen-bond acceptors (Lipinski definition) is 5. The highest BCUT2D eigenvalue weighted by atomic mass is 32.2. The van der Waals surface area contributed by atoms with Crippen LogP contribution in [0.1, 0.15) is 5.56 Å². The van der Waals surface area contributed by atoms with Crippen LogP contribution in [0, 0.1) is 0 Å². The SMILES string of the molecule is COc1ccc(Nc2ncc(C(F)(F)F)c(S(=O)c3ccccc3)n2)cc1. The lowest BCUT2D eigenvalue weighted by Crippen LogP contribution is -2.14. The van der Waals surface area contributed by atoms with Crippen LogP contribution < -0.4 is 10.1 Å². The number of hydrogen-bond donors (Lipinski definition) is 1. The first-order chi connectivity index (χ1) is 12.9. The van der Waals surface area contributed by atoms with Crippen molar-refractivity contribution < 1.29 is 22.1 Å². The monoisotopic (exact) mass is 393 g/mol. The average Bonchev–Trinajstić information content (AvgIpc) is 2.68. The number of alkyl halides is 3. The zero-order chi connectivity index (χ0) is 19.4. The molecule has 5 nitrogen and oxygen atoms in total. The topological polar surface area (TPSA) is 64.1 Å². The Morgan fingerprint density at radius 1 is 1.04 bits per heavy atom. The van der Waals surface area contributed by atoms with Crippen LogP contribution in [0.2, 0.25) is 0 Å². The Balaban J connectivity index is 1.98. The van der Waals surface area contributed by atoms with Crippen molar-refractivity contribution in [2.45, 2.75) is 16.1 Å². The smallest absolute Gasteiger partial charge is 0.420 e. The fourth-order valence-corrected chi connectivity index (χ4v) is 3.39. The third kappa shape index (κ3) is 4.43. The molecule has 0 spiro atoms. The third-order valence-electron chi connectivity index (χ3n) is 3.54. The van der Waals surface area contributed by atoms with Gasteiger partial charge in [-0.1, -0.05) is 18.2 Å². The number of benzene rings is 2. The van der Waals surface area contributed by atoms with E-state index in [4.69, 9.17) is 4.74 Å². The number of ether oxygens (including phenoxy) is 1. The lowest BCUT2D eigenvalue weighted by molar-refractivity contribution is -0.140. The molecular weight excluding hydrogens is 379 g/mol. The number of nitrogens with zero attached hydrogens (tertiary/aromatic N) is 2. The second-order valence-corrected chi connectivity index (χ2v) is 6.74. The van der Waals surface area contributed by atoms with E-state index < -0.39 is 27.6 Å². The van der Waals surface area contributed by atoms with Gasteiger partial charge in [-0.2, -0.15) is 13.2 Å². The summed E-state index contributed by atoms with van der Waals surface area (Å²) in [5, 5.41) is 2.20. The normalized spacial score (nSPS) is 12.4. The molecule has 0 aliphatic rings. The van der Waals surface area contributed by atoms with Gasteiger partial charge in [-0.15, -0.1) is 0 Å². The lowest BCUT2D eigenvalue weighted by atomic mass is 10.3. The van der Waals surface area contributed by atoms with Crippen molar-refractivity contribution in [3.05, 3.63) is 66.4 Å². The van der Waals surface area contributed by atoms with Gasteiger partial charge in [-0.25, -0.2) is 14.2 Å². The van der Waals surface area contributed by atoms with Crippen LogP contribution in [-0.4, -0.2) is 21.3 Å². The number of aromatic nitrogens is 2. The van der Waals surface area contributed by atoms with Crippen LogP contribution in [0.25, 0.3) is 0 Å². The van der Waals surface area contributed by atoms with E-state index >= 15 is 0 Å². The number of nitrogens with one attached hydrogen (secondary N) is 1. The first kappa shape index (κ1) is 18.8. The summed E-state index contributed by atoms with van der Waals surface area (Å²) in [7, 11) is -0.589. The molecule has 140 valence electrons. The van der Waals surface area contributed by atoms with Crippen LogP contribution in [0.15, 0.2) is 70.7 Å². The van der Waals surface area contributed by atoms with Crippen molar-refractivity contribution in [1.29, 1.82) is 0 Å². The van der Waals surface area contributed by atoms with Crippen molar-refractivity contribution in [2.24, 2.45) is 0 Å². The largest absolute Gasteiger partial charge is 0.497 e. The van der Waals surface area contributed by atoms with E-state index in [1.165, 1.54) is 19.2 Å². The number of halogens is 3. The molecule has 0 radical (unpaired) electrons. The molecule has 0 saturated heterocycles. The Hall–Kier alpha value is -2.94. The van der Waals surface area contributed by atoms with E-state index in [0.717, 1.165) is 0 Å². The van der Waals surface area contributed by atoms with Gasteiger partial charge in [0, 0.05) is 16.8 Å². The van der Waals surface area contributed by atoms with Gasteiger partial charge < -0.3 is 10.1 Å². The van der Waals surface area contributed by atoms with Gasteiger partial charge >= 0.3 is 6.18 Å². The first-order valence-corrected chi connectivity index (χ1v) is 8.85. The quantitative estimate of drug-likeness (QED) is 0.651. The molecule has 0 aliphatic heterocycles. The van der Waals surface area contributed by atoms with Crippen LogP contribution in [0.5, 0.6) is 5.75 Å². The molecule has 9 heteroatoms. The van der Waals surface area contributed by atoms with Gasteiger partial charge in [0.2, 0.25) is 5.95 Å². The van der Waals surface area contributed by atoms with Crippen LogP contribution in [-0.2, 0) is 17.0 Å². The van der Waals surface area contributed by atoms with Crippen molar-refractivity contribution in [2.75, 3.05) is 12.4 Å². The van der Waals surface area contributed by atoms with Gasteiger partial charge in [0.15, 0.2) is 0 Å². The molecule has 3 rings (SSSR count). The molecule has 1 unspecified atom stereocenters. The molecule has 1 aromatic heterocycles. The van der Waals surface area contributed by atoms with E-state index in [0.29, 0.717) is 17.6 Å². The third-order valence-corrected chi connectivity index (χ3v) is 4.90. The summed E-state index contributed by atoms with van der Waals surface area (Å²) in [5.41, 5.74) is -0.586. The summed E-state index contributed by atoms with van der Waals surface area (Å²) < 4.78 is 57.7. The van der Waals surface area contributed by atoms with Crippen LogP contribution in [0.3, 0.4) is 0 Å². The Bertz CT molecular complexity index is 948. The average molecular weight is 393 g/mol. The number of methoxy groups -OCH3 is 1. The zero-order valence-corrected chi connectivity index (χ0v) is 14.8. The Morgan fingerprint density at radius 2 is 1.70 bits per heavy atom. The van der Waals surface area contributed by atoms with E-state index in [1.54, 1.807) is 42.5 Å². The maximum atomic E-state index is 13.3. The molecule has 0 bridgehead atoms. The van der Waals surface area contributed by atoms with E-state index in [-0.39, 0.29) is 10.8 Å². The second-order valence-electron chi connectivity index (χ2n) is 5.35. The molecule has 1 heterocycles.